The number of halogens is 3. The van der Waals surface area contributed by atoms with Crippen molar-refractivity contribution in [1.29, 1.82) is 0 Å². The fourth-order valence-corrected chi connectivity index (χ4v) is 3.69. The van der Waals surface area contributed by atoms with Crippen LogP contribution in [0.15, 0.2) is 78.9 Å². The molecule has 4 aromatic rings. The quantitative estimate of drug-likeness (QED) is 0.226. The monoisotopic (exact) mass is 476 g/mol. The summed E-state index contributed by atoms with van der Waals surface area (Å²) >= 11 is 0. The van der Waals surface area contributed by atoms with E-state index in [9.17, 15) is 13.2 Å². The van der Waals surface area contributed by atoms with E-state index < -0.39 is 11.6 Å². The van der Waals surface area contributed by atoms with E-state index in [1.165, 1.54) is 18.2 Å². The summed E-state index contributed by atoms with van der Waals surface area (Å²) < 4.78 is 55.0. The average Bonchev–Trinajstić information content (AvgIpc) is 2.86. The molecular formula is C30H27F3O2. The Hall–Kier alpha value is -3.73. The fraction of sp³-hybridized carbons (Fsp3) is 0.200. The van der Waals surface area contributed by atoms with E-state index in [1.807, 2.05) is 19.1 Å². The number of hydrogen-bond acceptors (Lipinski definition) is 2. The number of aryl methyl sites for hydroxylation is 1. The standard InChI is InChI=1S/C30H27F3O2/c1-3-4-17-34-24-13-14-25(27(31)18-24)22-11-7-21(8-12-22)19-35-28-16-15-26(29(32)30(28)33)23-9-5-20(2)6-10-23/h5-16,18H,3-4,17,19H2,1-2H3. The summed E-state index contributed by atoms with van der Waals surface area (Å²) in [6.07, 6.45) is 1.93. The first-order valence-electron chi connectivity index (χ1n) is 11.7. The van der Waals surface area contributed by atoms with Gasteiger partial charge in [-0.2, -0.15) is 4.39 Å². The lowest BCUT2D eigenvalue weighted by Gasteiger charge is -2.12. The van der Waals surface area contributed by atoms with Crippen LogP contribution < -0.4 is 9.47 Å². The Kier molecular flexibility index (Phi) is 7.76. The highest BCUT2D eigenvalue weighted by molar-refractivity contribution is 5.66. The number of ether oxygens (including phenoxy) is 2. The molecule has 0 aliphatic rings. The summed E-state index contributed by atoms with van der Waals surface area (Å²) in [5.74, 6) is -1.99. The maximum atomic E-state index is 14.7. The van der Waals surface area contributed by atoms with Gasteiger partial charge in [-0.25, -0.2) is 8.78 Å². The van der Waals surface area contributed by atoms with Gasteiger partial charge in [0.15, 0.2) is 11.6 Å². The van der Waals surface area contributed by atoms with Crippen LogP contribution in [0.3, 0.4) is 0 Å². The Morgan fingerprint density at radius 2 is 1.34 bits per heavy atom. The molecule has 5 heteroatoms. The third kappa shape index (κ3) is 5.86. The van der Waals surface area contributed by atoms with Crippen molar-refractivity contribution in [3.63, 3.8) is 0 Å². The van der Waals surface area contributed by atoms with Crippen molar-refractivity contribution in [2.45, 2.75) is 33.3 Å². The van der Waals surface area contributed by atoms with Crippen molar-refractivity contribution in [3.05, 3.63) is 107 Å². The maximum Gasteiger partial charge on any atom is 0.201 e. The van der Waals surface area contributed by atoms with Crippen LogP contribution in [0, 0.1) is 24.4 Å². The molecule has 0 atom stereocenters. The first-order chi connectivity index (χ1) is 17.0. The third-order valence-electron chi connectivity index (χ3n) is 5.78. The lowest BCUT2D eigenvalue weighted by atomic mass is 10.0. The molecule has 0 bridgehead atoms. The van der Waals surface area contributed by atoms with Gasteiger partial charge in [0, 0.05) is 17.2 Å². The van der Waals surface area contributed by atoms with Crippen LogP contribution in [0.5, 0.6) is 11.5 Å². The minimum Gasteiger partial charge on any atom is -0.493 e. The van der Waals surface area contributed by atoms with E-state index in [2.05, 4.69) is 6.92 Å². The Balaban J connectivity index is 1.42. The van der Waals surface area contributed by atoms with E-state index in [0.29, 0.717) is 29.0 Å². The van der Waals surface area contributed by atoms with Crippen molar-refractivity contribution in [3.8, 4) is 33.8 Å². The lowest BCUT2D eigenvalue weighted by Crippen LogP contribution is -2.00. The predicted octanol–water partition coefficient (Wildman–Crippen LogP) is 8.50. The summed E-state index contributed by atoms with van der Waals surface area (Å²) in [7, 11) is 0. The number of unbranched alkanes of at least 4 members (excludes halogenated alkanes) is 1. The second kappa shape index (κ2) is 11.1. The summed E-state index contributed by atoms with van der Waals surface area (Å²) in [6, 6.07) is 22.1. The molecule has 0 N–H and O–H groups in total. The zero-order valence-corrected chi connectivity index (χ0v) is 19.8. The third-order valence-corrected chi connectivity index (χ3v) is 5.78. The van der Waals surface area contributed by atoms with Gasteiger partial charge in [0.2, 0.25) is 5.82 Å². The molecule has 0 amide bonds. The van der Waals surface area contributed by atoms with Crippen LogP contribution in [0.25, 0.3) is 22.3 Å². The first kappa shape index (κ1) is 24.4. The van der Waals surface area contributed by atoms with Gasteiger partial charge >= 0.3 is 0 Å². The van der Waals surface area contributed by atoms with Gasteiger partial charge in [0.1, 0.15) is 18.2 Å². The van der Waals surface area contributed by atoms with E-state index in [4.69, 9.17) is 9.47 Å². The largest absolute Gasteiger partial charge is 0.493 e. The molecule has 4 rings (SSSR count). The van der Waals surface area contributed by atoms with Crippen molar-refractivity contribution < 1.29 is 22.6 Å². The van der Waals surface area contributed by atoms with E-state index in [-0.39, 0.29) is 23.7 Å². The molecular weight excluding hydrogens is 449 g/mol. The van der Waals surface area contributed by atoms with Gasteiger partial charge < -0.3 is 9.47 Å². The van der Waals surface area contributed by atoms with Crippen LogP contribution in [0.2, 0.25) is 0 Å². The Morgan fingerprint density at radius 3 is 2.03 bits per heavy atom. The number of benzene rings is 4. The molecule has 0 saturated heterocycles. The molecule has 4 aromatic carbocycles. The Labute approximate surface area is 204 Å². The molecule has 0 spiro atoms. The normalized spacial score (nSPS) is 10.9. The van der Waals surface area contributed by atoms with E-state index in [1.54, 1.807) is 48.5 Å². The Bertz CT molecular complexity index is 1280. The van der Waals surface area contributed by atoms with Crippen LogP contribution in [-0.4, -0.2) is 6.61 Å². The van der Waals surface area contributed by atoms with Crippen LogP contribution in [-0.2, 0) is 6.61 Å². The molecule has 180 valence electrons. The molecule has 2 nitrogen and oxygen atoms in total. The topological polar surface area (TPSA) is 18.5 Å². The van der Waals surface area contributed by atoms with Gasteiger partial charge in [-0.3, -0.25) is 0 Å². The molecule has 0 fully saturated rings. The summed E-state index contributed by atoms with van der Waals surface area (Å²) in [4.78, 5) is 0. The summed E-state index contributed by atoms with van der Waals surface area (Å²) in [5.41, 5.74) is 3.73. The molecule has 0 saturated carbocycles. The molecule has 0 aromatic heterocycles. The summed E-state index contributed by atoms with van der Waals surface area (Å²) in [5, 5.41) is 0. The van der Waals surface area contributed by atoms with E-state index >= 15 is 0 Å². The van der Waals surface area contributed by atoms with Crippen LogP contribution >= 0.6 is 0 Å². The van der Waals surface area contributed by atoms with Gasteiger partial charge in [-0.05, 0) is 54.3 Å². The van der Waals surface area contributed by atoms with Crippen molar-refractivity contribution in [2.75, 3.05) is 6.61 Å². The average molecular weight is 477 g/mol. The molecule has 0 radical (unpaired) electrons. The smallest absolute Gasteiger partial charge is 0.201 e. The van der Waals surface area contributed by atoms with Gasteiger partial charge in [-0.15, -0.1) is 0 Å². The maximum absolute atomic E-state index is 14.7. The Morgan fingerprint density at radius 1 is 0.686 bits per heavy atom. The van der Waals surface area contributed by atoms with Gasteiger partial charge in [-0.1, -0.05) is 67.4 Å². The minimum absolute atomic E-state index is 0.0488. The van der Waals surface area contributed by atoms with Crippen molar-refractivity contribution >= 4 is 0 Å². The molecule has 0 aliphatic carbocycles. The van der Waals surface area contributed by atoms with E-state index in [0.717, 1.165) is 24.0 Å². The second-order valence-corrected chi connectivity index (χ2v) is 8.43. The van der Waals surface area contributed by atoms with Gasteiger partial charge in [0.25, 0.3) is 0 Å². The highest BCUT2D eigenvalue weighted by atomic mass is 19.2. The molecule has 0 aliphatic heterocycles. The molecule has 0 heterocycles. The first-order valence-corrected chi connectivity index (χ1v) is 11.7. The minimum atomic E-state index is -1.02. The molecule has 0 unspecified atom stereocenters. The van der Waals surface area contributed by atoms with Crippen LogP contribution in [0.4, 0.5) is 13.2 Å². The highest BCUT2D eigenvalue weighted by Gasteiger charge is 2.16. The lowest BCUT2D eigenvalue weighted by molar-refractivity contribution is 0.285. The highest BCUT2D eigenvalue weighted by Crippen LogP contribution is 2.31. The predicted molar refractivity (Wildman–Crippen MR) is 133 cm³/mol. The zero-order valence-electron chi connectivity index (χ0n) is 19.8. The second-order valence-electron chi connectivity index (χ2n) is 8.43. The van der Waals surface area contributed by atoms with Crippen molar-refractivity contribution in [2.24, 2.45) is 0 Å². The summed E-state index contributed by atoms with van der Waals surface area (Å²) in [6.45, 7) is 4.61. The number of hydrogen-bond donors (Lipinski definition) is 0. The fourth-order valence-electron chi connectivity index (χ4n) is 3.69. The van der Waals surface area contributed by atoms with Gasteiger partial charge in [0.05, 0.1) is 6.61 Å². The zero-order chi connectivity index (χ0) is 24.8. The van der Waals surface area contributed by atoms with Crippen molar-refractivity contribution in [1.82, 2.24) is 0 Å². The SMILES string of the molecule is CCCCOc1ccc(-c2ccc(COc3ccc(-c4ccc(C)cc4)c(F)c3F)cc2)c(F)c1. The molecule has 35 heavy (non-hydrogen) atoms. The number of rotatable bonds is 9. The van der Waals surface area contributed by atoms with Crippen LogP contribution in [0.1, 0.15) is 30.9 Å².